The van der Waals surface area contributed by atoms with Gasteiger partial charge in [-0.25, -0.2) is 9.37 Å². The highest BCUT2D eigenvalue weighted by Gasteiger charge is 2.22. The lowest BCUT2D eigenvalue weighted by molar-refractivity contribution is 0.0757. The van der Waals surface area contributed by atoms with Crippen LogP contribution in [0.2, 0.25) is 25.7 Å². The summed E-state index contributed by atoms with van der Waals surface area (Å²) < 4.78 is 33.3. The largest absolute Gasteiger partial charge is 0.493 e. The molecule has 0 spiro atoms. The molecule has 4 rings (SSSR count). The number of nitrogens with zero attached hydrogens (tertiary/aromatic N) is 2. The van der Waals surface area contributed by atoms with E-state index < -0.39 is 14.2 Å². The number of halogens is 1. The molecule has 1 unspecified atom stereocenters. The van der Waals surface area contributed by atoms with E-state index in [1.54, 1.807) is 35.0 Å². The SMILES string of the molecule is COc1ccc(C(=O)NCC(O)c2cnc(-c3csc4c(F)cccc34)n2COCC[Si](C)(C)C)cc1OC. The lowest BCUT2D eigenvalue weighted by atomic mass is 10.1. The van der Waals surface area contributed by atoms with Crippen LogP contribution < -0.4 is 14.8 Å². The summed E-state index contributed by atoms with van der Waals surface area (Å²) >= 11 is 1.31. The van der Waals surface area contributed by atoms with Crippen LogP contribution in [0.5, 0.6) is 11.5 Å². The van der Waals surface area contributed by atoms with Crippen LogP contribution in [0.3, 0.4) is 0 Å². The van der Waals surface area contributed by atoms with E-state index in [1.807, 2.05) is 11.4 Å². The fourth-order valence-electron chi connectivity index (χ4n) is 4.11. The molecule has 2 aromatic carbocycles. The maximum absolute atomic E-state index is 14.4. The second-order valence-corrected chi connectivity index (χ2v) is 16.8. The molecule has 2 N–H and O–H groups in total. The van der Waals surface area contributed by atoms with Crippen molar-refractivity contribution in [2.24, 2.45) is 0 Å². The van der Waals surface area contributed by atoms with E-state index in [4.69, 9.17) is 14.2 Å². The zero-order chi connectivity index (χ0) is 28.2. The predicted octanol–water partition coefficient (Wildman–Crippen LogP) is 5.70. The molecule has 8 nitrogen and oxygen atoms in total. The first-order chi connectivity index (χ1) is 18.6. The molecule has 11 heteroatoms. The summed E-state index contributed by atoms with van der Waals surface area (Å²) in [5, 5.41) is 16.5. The summed E-state index contributed by atoms with van der Waals surface area (Å²) in [7, 11) is 1.72. The minimum atomic E-state index is -1.30. The third-order valence-electron chi connectivity index (χ3n) is 6.34. The second kappa shape index (κ2) is 12.3. The molecule has 0 fully saturated rings. The van der Waals surface area contributed by atoms with Crippen LogP contribution in [0.4, 0.5) is 4.39 Å². The van der Waals surface area contributed by atoms with Gasteiger partial charge in [0, 0.05) is 43.1 Å². The highest BCUT2D eigenvalue weighted by atomic mass is 32.1. The van der Waals surface area contributed by atoms with E-state index in [-0.39, 0.29) is 25.0 Å². The summed E-state index contributed by atoms with van der Waals surface area (Å²) in [5.74, 6) is 0.863. The molecule has 1 atom stereocenters. The van der Waals surface area contributed by atoms with Crippen molar-refractivity contribution in [2.45, 2.75) is 38.5 Å². The van der Waals surface area contributed by atoms with Crippen LogP contribution in [-0.4, -0.2) is 56.0 Å². The van der Waals surface area contributed by atoms with E-state index in [0.29, 0.717) is 39.9 Å². The standard InChI is InChI=1S/C28H34FN3O5SSi/c1-35-24-10-9-18(13-25(24)36-2)28(34)31-15-23(33)22-14-30-27(32(22)17-37-11-12-39(3,4)5)20-16-38-26-19(20)7-6-8-21(26)29/h6-10,13-14,16,23,33H,11-12,15,17H2,1-5H3,(H,31,34). The van der Waals surface area contributed by atoms with E-state index in [0.717, 1.165) is 17.0 Å². The van der Waals surface area contributed by atoms with E-state index in [1.165, 1.54) is 31.6 Å². The molecule has 0 saturated carbocycles. The van der Waals surface area contributed by atoms with E-state index in [9.17, 15) is 14.3 Å². The maximum Gasteiger partial charge on any atom is 0.251 e. The number of hydrogen-bond acceptors (Lipinski definition) is 7. The van der Waals surface area contributed by atoms with Crippen molar-refractivity contribution in [1.82, 2.24) is 14.9 Å². The first kappa shape index (κ1) is 28.7. The molecule has 0 aliphatic carbocycles. The molecule has 1 amide bonds. The second-order valence-electron chi connectivity index (χ2n) is 10.3. The van der Waals surface area contributed by atoms with Crippen molar-refractivity contribution in [1.29, 1.82) is 0 Å². The Morgan fingerprint density at radius 2 is 1.95 bits per heavy atom. The summed E-state index contributed by atoms with van der Waals surface area (Å²) in [6.45, 7) is 7.54. The third kappa shape index (κ3) is 6.67. The molecule has 0 aliphatic heterocycles. The normalized spacial score (nSPS) is 12.5. The topological polar surface area (TPSA) is 94.8 Å². The van der Waals surface area contributed by atoms with Crippen LogP contribution in [0.15, 0.2) is 48.0 Å². The number of ether oxygens (including phenoxy) is 3. The Kier molecular flexibility index (Phi) is 9.06. The molecule has 208 valence electrons. The van der Waals surface area contributed by atoms with Gasteiger partial charge in [-0.2, -0.15) is 0 Å². The Labute approximate surface area is 232 Å². The number of nitrogens with one attached hydrogen (secondary N) is 1. The van der Waals surface area contributed by atoms with Crippen LogP contribution in [0, 0.1) is 5.82 Å². The average molecular weight is 572 g/mol. The van der Waals surface area contributed by atoms with Gasteiger partial charge in [0.05, 0.1) is 30.8 Å². The van der Waals surface area contributed by atoms with Crippen molar-refractivity contribution in [3.8, 4) is 22.9 Å². The fraction of sp³-hybridized carbons (Fsp3) is 0.357. The zero-order valence-electron chi connectivity index (χ0n) is 22.8. The number of carbonyl (C=O) groups is 1. The molecular formula is C28H34FN3O5SSi. The Bertz CT molecular complexity index is 1450. The van der Waals surface area contributed by atoms with Gasteiger partial charge in [-0.15, -0.1) is 11.3 Å². The van der Waals surface area contributed by atoms with Gasteiger partial charge in [-0.05, 0) is 30.3 Å². The Hall–Kier alpha value is -3.25. The monoisotopic (exact) mass is 571 g/mol. The zero-order valence-corrected chi connectivity index (χ0v) is 24.6. The number of amides is 1. The molecule has 2 aromatic heterocycles. The van der Waals surface area contributed by atoms with Crippen LogP contribution in [-0.2, 0) is 11.5 Å². The van der Waals surface area contributed by atoms with Gasteiger partial charge in [0.25, 0.3) is 5.91 Å². The number of aliphatic hydroxyl groups excluding tert-OH is 1. The van der Waals surface area contributed by atoms with Gasteiger partial charge in [0.2, 0.25) is 0 Å². The van der Waals surface area contributed by atoms with Gasteiger partial charge >= 0.3 is 0 Å². The van der Waals surface area contributed by atoms with Crippen LogP contribution >= 0.6 is 11.3 Å². The molecule has 0 saturated heterocycles. The number of fused-ring (bicyclic) bond motifs is 1. The maximum atomic E-state index is 14.4. The van der Waals surface area contributed by atoms with Crippen molar-refractivity contribution in [2.75, 3.05) is 27.4 Å². The van der Waals surface area contributed by atoms with E-state index in [2.05, 4.69) is 29.9 Å². The van der Waals surface area contributed by atoms with Crippen LogP contribution in [0.1, 0.15) is 22.2 Å². The summed E-state index contributed by atoms with van der Waals surface area (Å²) in [6.07, 6.45) is 0.519. The quantitative estimate of drug-likeness (QED) is 0.167. The molecule has 4 aromatic rings. The first-order valence-corrected chi connectivity index (χ1v) is 17.2. The van der Waals surface area contributed by atoms with Crippen molar-refractivity contribution in [3.05, 3.63) is 65.0 Å². The van der Waals surface area contributed by atoms with Crippen molar-refractivity contribution < 1.29 is 28.5 Å². The minimum Gasteiger partial charge on any atom is -0.493 e. The number of hydrogen-bond donors (Lipinski definition) is 2. The van der Waals surface area contributed by atoms with Crippen LogP contribution in [0.25, 0.3) is 21.5 Å². The fourth-order valence-corrected chi connectivity index (χ4v) is 5.82. The predicted molar refractivity (Wildman–Crippen MR) is 154 cm³/mol. The Morgan fingerprint density at radius 1 is 1.18 bits per heavy atom. The van der Waals surface area contributed by atoms with Gasteiger partial charge in [-0.1, -0.05) is 31.8 Å². The summed E-state index contributed by atoms with van der Waals surface area (Å²) in [4.78, 5) is 17.4. The number of methoxy groups -OCH3 is 2. The highest BCUT2D eigenvalue weighted by Crippen LogP contribution is 2.36. The number of thiophene rings is 1. The molecular weight excluding hydrogens is 537 g/mol. The van der Waals surface area contributed by atoms with Gasteiger partial charge in [0.1, 0.15) is 24.5 Å². The van der Waals surface area contributed by atoms with Crippen molar-refractivity contribution in [3.63, 3.8) is 0 Å². The number of rotatable bonds is 12. The van der Waals surface area contributed by atoms with Gasteiger partial charge in [-0.3, -0.25) is 4.79 Å². The molecule has 0 bridgehead atoms. The number of aromatic nitrogens is 2. The number of aliphatic hydroxyl groups is 1. The molecule has 0 aliphatic rings. The molecule has 39 heavy (non-hydrogen) atoms. The summed E-state index contributed by atoms with van der Waals surface area (Å²) in [5.41, 5.74) is 1.62. The summed E-state index contributed by atoms with van der Waals surface area (Å²) in [6, 6.07) is 10.8. The van der Waals surface area contributed by atoms with Gasteiger partial charge in [0.15, 0.2) is 11.5 Å². The number of carbonyl (C=O) groups excluding carboxylic acids is 1. The Morgan fingerprint density at radius 3 is 2.67 bits per heavy atom. The molecule has 2 heterocycles. The lowest BCUT2D eigenvalue weighted by Gasteiger charge is -2.19. The Balaban J connectivity index is 1.57. The smallest absolute Gasteiger partial charge is 0.251 e. The lowest BCUT2D eigenvalue weighted by Crippen LogP contribution is -2.29. The molecule has 0 radical (unpaired) electrons. The van der Waals surface area contributed by atoms with Gasteiger partial charge < -0.3 is 29.2 Å². The third-order valence-corrected chi connectivity index (χ3v) is 9.05. The first-order valence-electron chi connectivity index (χ1n) is 12.6. The number of benzene rings is 2. The minimum absolute atomic E-state index is 0.0494. The average Bonchev–Trinajstić information content (AvgIpc) is 3.53. The van der Waals surface area contributed by atoms with E-state index >= 15 is 0 Å². The number of imidazole rings is 1. The highest BCUT2D eigenvalue weighted by molar-refractivity contribution is 7.17. The van der Waals surface area contributed by atoms with Crippen molar-refractivity contribution >= 4 is 35.4 Å².